The maximum atomic E-state index is 12.0. The van der Waals surface area contributed by atoms with Crippen molar-refractivity contribution in [3.05, 3.63) is 0 Å². The van der Waals surface area contributed by atoms with Gasteiger partial charge in [0.25, 0.3) is 0 Å². The number of likely N-dealkylation sites (N-methyl/N-ethyl adjacent to an activating group) is 1. The van der Waals surface area contributed by atoms with Crippen LogP contribution in [0.3, 0.4) is 0 Å². The third-order valence-corrected chi connectivity index (χ3v) is 2.20. The maximum Gasteiger partial charge on any atom is 0.155 e. The van der Waals surface area contributed by atoms with E-state index in [2.05, 4.69) is 13.8 Å². The minimum atomic E-state index is -0.237. The normalized spacial score (nSPS) is 15.2. The molecule has 0 aromatic carbocycles. The summed E-state index contributed by atoms with van der Waals surface area (Å²) in [4.78, 5) is 14.0. The largest absolute Gasteiger partial charge is 0.300 e. The maximum absolute atomic E-state index is 12.0. The summed E-state index contributed by atoms with van der Waals surface area (Å²) >= 11 is 0. The monoisotopic (exact) mass is 185 g/mol. The molecule has 0 aromatic rings. The summed E-state index contributed by atoms with van der Waals surface area (Å²) in [6.45, 7) is 10.1. The Morgan fingerprint density at radius 2 is 1.54 bits per heavy atom. The second-order valence-electron chi connectivity index (χ2n) is 5.27. The van der Waals surface area contributed by atoms with Crippen LogP contribution in [-0.4, -0.2) is 30.8 Å². The Balaban J connectivity index is 4.68. The molecule has 0 amide bonds. The summed E-state index contributed by atoms with van der Waals surface area (Å²) in [5.74, 6) is 0.703. The summed E-state index contributed by atoms with van der Waals surface area (Å²) in [6, 6.07) is 0.0417. The first-order valence-corrected chi connectivity index (χ1v) is 4.88. The molecule has 0 rings (SSSR count). The van der Waals surface area contributed by atoms with Crippen molar-refractivity contribution in [1.29, 1.82) is 0 Å². The Morgan fingerprint density at radius 1 is 1.15 bits per heavy atom. The van der Waals surface area contributed by atoms with Crippen molar-refractivity contribution in [1.82, 2.24) is 4.90 Å². The molecule has 0 N–H and O–H groups in total. The molecule has 13 heavy (non-hydrogen) atoms. The van der Waals surface area contributed by atoms with Gasteiger partial charge < -0.3 is 0 Å². The topological polar surface area (TPSA) is 20.3 Å². The van der Waals surface area contributed by atoms with Crippen LogP contribution in [0, 0.1) is 11.3 Å². The van der Waals surface area contributed by atoms with E-state index < -0.39 is 0 Å². The predicted octanol–water partition coefficient (Wildman–Crippen LogP) is 2.19. The molecule has 0 aliphatic rings. The first-order chi connectivity index (χ1) is 5.68. The van der Waals surface area contributed by atoms with Crippen LogP contribution in [0.4, 0.5) is 0 Å². The van der Waals surface area contributed by atoms with E-state index in [0.717, 1.165) is 0 Å². The Kier molecular flexibility index (Phi) is 4.11. The number of carbonyl (C=O) groups excluding carboxylic acids is 1. The highest BCUT2D eigenvalue weighted by Gasteiger charge is 2.32. The highest BCUT2D eigenvalue weighted by Crippen LogP contribution is 2.22. The van der Waals surface area contributed by atoms with Crippen LogP contribution in [0.25, 0.3) is 0 Å². The minimum Gasteiger partial charge on any atom is -0.300 e. The van der Waals surface area contributed by atoms with Gasteiger partial charge in [0.1, 0.15) is 0 Å². The van der Waals surface area contributed by atoms with Gasteiger partial charge >= 0.3 is 0 Å². The molecule has 2 nitrogen and oxygen atoms in total. The van der Waals surface area contributed by atoms with Gasteiger partial charge in [-0.2, -0.15) is 0 Å². The molecule has 78 valence electrons. The van der Waals surface area contributed by atoms with Crippen LogP contribution in [0.2, 0.25) is 0 Å². The third kappa shape index (κ3) is 3.47. The van der Waals surface area contributed by atoms with Crippen LogP contribution >= 0.6 is 0 Å². The molecule has 0 spiro atoms. The van der Waals surface area contributed by atoms with Gasteiger partial charge in [0.15, 0.2) is 5.78 Å². The summed E-state index contributed by atoms with van der Waals surface area (Å²) in [7, 11) is 3.93. The Bertz CT molecular complexity index is 169. The van der Waals surface area contributed by atoms with Gasteiger partial charge in [0, 0.05) is 5.41 Å². The zero-order chi connectivity index (χ0) is 10.8. The number of hydrogen-bond acceptors (Lipinski definition) is 2. The van der Waals surface area contributed by atoms with Crippen molar-refractivity contribution in [3.8, 4) is 0 Å². The number of nitrogens with zero attached hydrogens (tertiary/aromatic N) is 1. The van der Waals surface area contributed by atoms with Gasteiger partial charge in [-0.05, 0) is 20.0 Å². The molecule has 0 aromatic heterocycles. The lowest BCUT2D eigenvalue weighted by atomic mass is 9.82. The summed E-state index contributed by atoms with van der Waals surface area (Å²) in [5.41, 5.74) is -0.237. The molecule has 0 heterocycles. The summed E-state index contributed by atoms with van der Waals surface area (Å²) < 4.78 is 0. The molecule has 0 unspecified atom stereocenters. The van der Waals surface area contributed by atoms with E-state index in [4.69, 9.17) is 0 Å². The number of ketones is 1. The van der Waals surface area contributed by atoms with Crippen molar-refractivity contribution in [2.75, 3.05) is 14.1 Å². The van der Waals surface area contributed by atoms with Gasteiger partial charge in [-0.3, -0.25) is 9.69 Å². The van der Waals surface area contributed by atoms with Gasteiger partial charge in [-0.25, -0.2) is 0 Å². The lowest BCUT2D eigenvalue weighted by Crippen LogP contribution is -2.45. The minimum absolute atomic E-state index is 0.0417. The smallest absolute Gasteiger partial charge is 0.155 e. The molecule has 1 atom stereocenters. The fraction of sp³-hybridized carbons (Fsp3) is 0.909. The lowest BCUT2D eigenvalue weighted by Gasteiger charge is -2.32. The SMILES string of the molecule is CC(C)[C@H](C(=O)C(C)(C)C)N(C)C. The zero-order valence-electron chi connectivity index (χ0n) is 10.0. The van der Waals surface area contributed by atoms with Crippen LogP contribution < -0.4 is 0 Å². The van der Waals surface area contributed by atoms with Crippen LogP contribution in [0.1, 0.15) is 34.6 Å². The van der Waals surface area contributed by atoms with E-state index in [1.807, 2.05) is 39.8 Å². The van der Waals surface area contributed by atoms with E-state index in [0.29, 0.717) is 11.7 Å². The quantitative estimate of drug-likeness (QED) is 0.671. The van der Waals surface area contributed by atoms with E-state index in [1.54, 1.807) is 0 Å². The van der Waals surface area contributed by atoms with E-state index in [9.17, 15) is 4.79 Å². The highest BCUT2D eigenvalue weighted by atomic mass is 16.1. The van der Waals surface area contributed by atoms with Gasteiger partial charge in [-0.15, -0.1) is 0 Å². The molecular weight excluding hydrogens is 162 g/mol. The van der Waals surface area contributed by atoms with Crippen molar-refractivity contribution in [3.63, 3.8) is 0 Å². The fourth-order valence-electron chi connectivity index (χ4n) is 1.58. The second kappa shape index (κ2) is 4.23. The zero-order valence-corrected chi connectivity index (χ0v) is 10.0. The molecule has 0 bridgehead atoms. The molecule has 0 saturated carbocycles. The highest BCUT2D eigenvalue weighted by molar-refractivity contribution is 5.88. The Hall–Kier alpha value is -0.370. The molecule has 0 aliphatic heterocycles. The first kappa shape index (κ1) is 12.6. The number of hydrogen-bond donors (Lipinski definition) is 0. The molecule has 0 radical (unpaired) electrons. The molecular formula is C11H23NO. The summed E-state index contributed by atoms with van der Waals surface area (Å²) in [6.07, 6.45) is 0. The fourth-order valence-corrected chi connectivity index (χ4v) is 1.58. The van der Waals surface area contributed by atoms with E-state index in [-0.39, 0.29) is 11.5 Å². The average Bonchev–Trinajstić information content (AvgIpc) is 1.82. The molecule has 0 saturated heterocycles. The number of Topliss-reactive ketones (excluding diaryl/α,β-unsaturated/α-hetero) is 1. The first-order valence-electron chi connectivity index (χ1n) is 4.88. The Labute approximate surface area is 82.3 Å². The van der Waals surface area contributed by atoms with Gasteiger partial charge in [0.05, 0.1) is 6.04 Å². The van der Waals surface area contributed by atoms with E-state index >= 15 is 0 Å². The Morgan fingerprint density at radius 3 is 1.62 bits per heavy atom. The average molecular weight is 185 g/mol. The van der Waals surface area contributed by atoms with Gasteiger partial charge in [-0.1, -0.05) is 34.6 Å². The number of carbonyl (C=O) groups is 1. The second-order valence-corrected chi connectivity index (χ2v) is 5.27. The summed E-state index contributed by atoms with van der Waals surface area (Å²) in [5, 5.41) is 0. The number of rotatable bonds is 3. The standard InChI is InChI=1S/C11H23NO/c1-8(2)9(12(6)7)10(13)11(3,4)5/h8-9H,1-7H3/t9-/m1/s1. The lowest BCUT2D eigenvalue weighted by molar-refractivity contribution is -0.132. The molecule has 0 aliphatic carbocycles. The van der Waals surface area contributed by atoms with Crippen molar-refractivity contribution >= 4 is 5.78 Å². The molecule has 2 heteroatoms. The van der Waals surface area contributed by atoms with E-state index in [1.165, 1.54) is 0 Å². The van der Waals surface area contributed by atoms with Crippen LogP contribution in [0.5, 0.6) is 0 Å². The predicted molar refractivity (Wildman–Crippen MR) is 56.8 cm³/mol. The molecule has 0 fully saturated rings. The van der Waals surface area contributed by atoms with Crippen molar-refractivity contribution in [2.24, 2.45) is 11.3 Å². The van der Waals surface area contributed by atoms with Crippen molar-refractivity contribution in [2.45, 2.75) is 40.7 Å². The third-order valence-electron chi connectivity index (χ3n) is 2.20. The van der Waals surface area contributed by atoms with Gasteiger partial charge in [0.2, 0.25) is 0 Å². The van der Waals surface area contributed by atoms with Crippen LogP contribution in [0.15, 0.2) is 0 Å². The van der Waals surface area contributed by atoms with Crippen LogP contribution in [-0.2, 0) is 4.79 Å². The van der Waals surface area contributed by atoms with Crippen molar-refractivity contribution < 1.29 is 4.79 Å².